The third kappa shape index (κ3) is 1.06. The van der Waals surface area contributed by atoms with Gasteiger partial charge < -0.3 is 0 Å². The minimum absolute atomic E-state index is 0.0733. The summed E-state index contributed by atoms with van der Waals surface area (Å²) >= 11 is 0. The number of ketones is 1. The standard InChI is InChI=1S/C14H16O/c1-9-3-4-11-10(7-9)8-14(2)12(11)5-6-13(14)15/h3-4,7,12H,5-6,8H2,1-2H3/t12-,14+/m1/s1. The quantitative estimate of drug-likeness (QED) is 0.629. The third-order valence-electron chi connectivity index (χ3n) is 4.30. The summed E-state index contributed by atoms with van der Waals surface area (Å²) in [5.41, 5.74) is 4.09. The molecule has 1 aromatic rings. The first-order valence-corrected chi connectivity index (χ1v) is 5.74. The van der Waals surface area contributed by atoms with E-state index < -0.39 is 0 Å². The van der Waals surface area contributed by atoms with Gasteiger partial charge in [-0.1, -0.05) is 30.7 Å². The van der Waals surface area contributed by atoms with E-state index in [1.807, 2.05) is 0 Å². The van der Waals surface area contributed by atoms with Gasteiger partial charge in [-0.15, -0.1) is 0 Å². The second-order valence-corrected chi connectivity index (χ2v) is 5.31. The predicted octanol–water partition coefficient (Wildman–Crippen LogP) is 3.00. The van der Waals surface area contributed by atoms with Gasteiger partial charge in [0.2, 0.25) is 0 Å². The predicted molar refractivity (Wildman–Crippen MR) is 60.0 cm³/mol. The molecule has 1 heteroatoms. The molecule has 78 valence electrons. The molecule has 0 aromatic heterocycles. The number of Topliss-reactive ketones (excluding diaryl/α,β-unsaturated/α-hetero) is 1. The summed E-state index contributed by atoms with van der Waals surface area (Å²) < 4.78 is 0. The van der Waals surface area contributed by atoms with Gasteiger partial charge in [-0.3, -0.25) is 4.79 Å². The number of carbonyl (C=O) groups is 1. The van der Waals surface area contributed by atoms with Crippen molar-refractivity contribution in [1.29, 1.82) is 0 Å². The lowest BCUT2D eigenvalue weighted by atomic mass is 9.80. The van der Waals surface area contributed by atoms with Gasteiger partial charge >= 0.3 is 0 Å². The summed E-state index contributed by atoms with van der Waals surface area (Å²) in [7, 11) is 0. The zero-order valence-electron chi connectivity index (χ0n) is 9.34. The number of hydrogen-bond donors (Lipinski definition) is 0. The maximum atomic E-state index is 11.9. The monoisotopic (exact) mass is 200 g/mol. The van der Waals surface area contributed by atoms with Crippen molar-refractivity contribution >= 4 is 5.78 Å². The van der Waals surface area contributed by atoms with Crippen molar-refractivity contribution in [3.63, 3.8) is 0 Å². The second-order valence-electron chi connectivity index (χ2n) is 5.31. The molecule has 1 fully saturated rings. The van der Waals surface area contributed by atoms with E-state index in [0.29, 0.717) is 11.7 Å². The molecule has 0 aliphatic heterocycles. The molecular formula is C14H16O. The van der Waals surface area contributed by atoms with Crippen LogP contribution in [0.5, 0.6) is 0 Å². The molecule has 1 saturated carbocycles. The van der Waals surface area contributed by atoms with Crippen LogP contribution in [0.2, 0.25) is 0 Å². The molecule has 0 radical (unpaired) electrons. The van der Waals surface area contributed by atoms with E-state index in [9.17, 15) is 4.79 Å². The molecule has 0 N–H and O–H groups in total. The van der Waals surface area contributed by atoms with Gasteiger partial charge in [-0.2, -0.15) is 0 Å². The van der Waals surface area contributed by atoms with Gasteiger partial charge in [-0.25, -0.2) is 0 Å². The minimum atomic E-state index is -0.0733. The third-order valence-corrected chi connectivity index (χ3v) is 4.30. The maximum Gasteiger partial charge on any atom is 0.139 e. The van der Waals surface area contributed by atoms with E-state index in [4.69, 9.17) is 0 Å². The first kappa shape index (κ1) is 9.14. The van der Waals surface area contributed by atoms with Crippen molar-refractivity contribution in [1.82, 2.24) is 0 Å². The van der Waals surface area contributed by atoms with Crippen molar-refractivity contribution in [3.05, 3.63) is 34.9 Å². The van der Waals surface area contributed by atoms with Crippen LogP contribution in [0.3, 0.4) is 0 Å². The summed E-state index contributed by atoms with van der Waals surface area (Å²) in [6.45, 7) is 4.28. The lowest BCUT2D eigenvalue weighted by Gasteiger charge is -2.21. The summed E-state index contributed by atoms with van der Waals surface area (Å²) in [6.07, 6.45) is 2.81. The average Bonchev–Trinajstić information content (AvgIpc) is 2.60. The fourth-order valence-corrected chi connectivity index (χ4v) is 3.42. The first-order chi connectivity index (χ1) is 7.11. The largest absolute Gasteiger partial charge is 0.299 e. The second kappa shape index (κ2) is 2.72. The average molecular weight is 200 g/mol. The van der Waals surface area contributed by atoms with Gasteiger partial charge in [0.1, 0.15) is 5.78 Å². The Morgan fingerprint density at radius 3 is 3.00 bits per heavy atom. The van der Waals surface area contributed by atoms with Crippen molar-refractivity contribution in [3.8, 4) is 0 Å². The first-order valence-electron chi connectivity index (χ1n) is 5.74. The van der Waals surface area contributed by atoms with Gasteiger partial charge in [0.25, 0.3) is 0 Å². The Labute approximate surface area is 90.5 Å². The summed E-state index contributed by atoms with van der Waals surface area (Å²) in [6, 6.07) is 6.67. The molecule has 0 heterocycles. The fourth-order valence-electron chi connectivity index (χ4n) is 3.42. The molecule has 2 atom stereocenters. The molecule has 1 aromatic carbocycles. The van der Waals surface area contributed by atoms with Crippen LogP contribution in [0.15, 0.2) is 18.2 Å². The lowest BCUT2D eigenvalue weighted by molar-refractivity contribution is -0.125. The van der Waals surface area contributed by atoms with Crippen LogP contribution in [0, 0.1) is 12.3 Å². The van der Waals surface area contributed by atoms with Crippen LogP contribution in [0.25, 0.3) is 0 Å². The van der Waals surface area contributed by atoms with E-state index in [1.54, 1.807) is 0 Å². The Morgan fingerprint density at radius 2 is 2.20 bits per heavy atom. The van der Waals surface area contributed by atoms with Crippen LogP contribution in [0.4, 0.5) is 0 Å². The van der Waals surface area contributed by atoms with Gasteiger partial charge in [-0.05, 0) is 36.8 Å². The van der Waals surface area contributed by atoms with E-state index in [0.717, 1.165) is 19.3 Å². The van der Waals surface area contributed by atoms with Crippen LogP contribution in [0.1, 0.15) is 42.4 Å². The van der Waals surface area contributed by atoms with Crippen LogP contribution in [-0.2, 0) is 11.2 Å². The number of rotatable bonds is 0. The summed E-state index contributed by atoms with van der Waals surface area (Å²) in [5, 5.41) is 0. The minimum Gasteiger partial charge on any atom is -0.299 e. The van der Waals surface area contributed by atoms with E-state index >= 15 is 0 Å². The number of carbonyl (C=O) groups excluding carboxylic acids is 1. The molecular weight excluding hydrogens is 184 g/mol. The molecule has 15 heavy (non-hydrogen) atoms. The molecule has 0 bridgehead atoms. The number of benzene rings is 1. The Morgan fingerprint density at radius 1 is 1.40 bits per heavy atom. The van der Waals surface area contributed by atoms with Crippen LogP contribution >= 0.6 is 0 Å². The molecule has 0 unspecified atom stereocenters. The molecule has 0 spiro atoms. The topological polar surface area (TPSA) is 17.1 Å². The van der Waals surface area contributed by atoms with Crippen molar-refractivity contribution in [2.45, 2.75) is 39.0 Å². The number of hydrogen-bond acceptors (Lipinski definition) is 1. The van der Waals surface area contributed by atoms with Crippen molar-refractivity contribution < 1.29 is 4.79 Å². The van der Waals surface area contributed by atoms with E-state index in [2.05, 4.69) is 32.0 Å². The Kier molecular flexibility index (Phi) is 1.66. The molecule has 3 rings (SSSR count). The number of aryl methyl sites for hydroxylation is 1. The van der Waals surface area contributed by atoms with Gasteiger partial charge in [0.05, 0.1) is 0 Å². The molecule has 0 amide bonds. The Balaban J connectivity index is 2.14. The molecule has 0 saturated heterocycles. The zero-order chi connectivity index (χ0) is 10.6. The van der Waals surface area contributed by atoms with Gasteiger partial charge in [0.15, 0.2) is 0 Å². The zero-order valence-corrected chi connectivity index (χ0v) is 9.34. The lowest BCUT2D eigenvalue weighted by Crippen LogP contribution is -2.24. The molecule has 1 nitrogen and oxygen atoms in total. The Hall–Kier alpha value is -1.11. The fraction of sp³-hybridized carbons (Fsp3) is 0.500. The van der Waals surface area contributed by atoms with Crippen molar-refractivity contribution in [2.24, 2.45) is 5.41 Å². The van der Waals surface area contributed by atoms with E-state index in [-0.39, 0.29) is 5.41 Å². The highest BCUT2D eigenvalue weighted by Crippen LogP contribution is 2.54. The summed E-state index contributed by atoms with van der Waals surface area (Å²) in [4.78, 5) is 11.9. The highest BCUT2D eigenvalue weighted by molar-refractivity contribution is 5.89. The SMILES string of the molecule is Cc1ccc2c(c1)C[C@]1(C)C(=O)CC[C@H]21. The highest BCUT2D eigenvalue weighted by atomic mass is 16.1. The highest BCUT2D eigenvalue weighted by Gasteiger charge is 2.51. The van der Waals surface area contributed by atoms with Crippen LogP contribution in [-0.4, -0.2) is 5.78 Å². The molecule has 2 aliphatic rings. The smallest absolute Gasteiger partial charge is 0.139 e. The number of fused-ring (bicyclic) bond motifs is 3. The van der Waals surface area contributed by atoms with Gasteiger partial charge in [0, 0.05) is 11.8 Å². The molecule has 2 aliphatic carbocycles. The van der Waals surface area contributed by atoms with E-state index in [1.165, 1.54) is 16.7 Å². The normalized spacial score (nSPS) is 32.9. The Bertz CT molecular complexity index is 447. The van der Waals surface area contributed by atoms with Crippen molar-refractivity contribution in [2.75, 3.05) is 0 Å². The maximum absolute atomic E-state index is 11.9. The van der Waals surface area contributed by atoms with Crippen LogP contribution < -0.4 is 0 Å². The summed E-state index contributed by atoms with van der Waals surface area (Å²) in [5.74, 6) is 0.974.